The highest BCUT2D eigenvalue weighted by atomic mass is 35.5. The predicted molar refractivity (Wildman–Crippen MR) is 58.3 cm³/mol. The highest BCUT2D eigenvalue weighted by Crippen LogP contribution is 2.05. The maximum atomic E-state index is 5.64. The lowest BCUT2D eigenvalue weighted by Crippen LogP contribution is -2.20. The van der Waals surface area contributed by atoms with E-state index in [0.29, 0.717) is 5.92 Å². The number of nitrogens with zero attached hydrogens (tertiary/aromatic N) is 1. The van der Waals surface area contributed by atoms with E-state index in [0.717, 1.165) is 25.4 Å². The molecule has 0 radical (unpaired) electrons. The molecule has 0 fully saturated rings. The lowest BCUT2D eigenvalue weighted by Gasteiger charge is -2.09. The highest BCUT2D eigenvalue weighted by Gasteiger charge is 2.00. The number of halogens is 1. The average Bonchev–Trinajstić information content (AvgIpc) is 2.57. The smallest absolute Gasteiger partial charge is 0.0794 e. The van der Waals surface area contributed by atoms with Crippen molar-refractivity contribution in [2.45, 2.75) is 19.9 Å². The number of aromatic nitrogens is 1. The molecule has 4 heteroatoms. The molecule has 0 aromatic carbocycles. The number of thiazole rings is 1. The summed E-state index contributed by atoms with van der Waals surface area (Å²) in [7, 11) is 0. The molecule has 0 spiro atoms. The van der Waals surface area contributed by atoms with Gasteiger partial charge in [0.15, 0.2) is 0 Å². The zero-order valence-electron chi connectivity index (χ0n) is 7.79. The number of alkyl halides is 1. The molecule has 1 unspecified atom stereocenters. The largest absolute Gasteiger partial charge is 0.312 e. The van der Waals surface area contributed by atoms with E-state index >= 15 is 0 Å². The summed E-state index contributed by atoms with van der Waals surface area (Å²) < 4.78 is 0. The van der Waals surface area contributed by atoms with Crippen LogP contribution in [-0.4, -0.2) is 17.4 Å². The van der Waals surface area contributed by atoms with Gasteiger partial charge in [-0.15, -0.1) is 22.9 Å². The van der Waals surface area contributed by atoms with Crippen molar-refractivity contribution in [1.82, 2.24) is 10.3 Å². The van der Waals surface area contributed by atoms with Gasteiger partial charge in [-0.05, 0) is 18.9 Å². The summed E-state index contributed by atoms with van der Waals surface area (Å²) in [4.78, 5) is 5.30. The molecule has 1 aromatic rings. The Morgan fingerprint density at radius 3 is 3.15 bits per heavy atom. The Kier molecular flexibility index (Phi) is 5.35. The topological polar surface area (TPSA) is 24.9 Å². The molecular weight excluding hydrogens is 204 g/mol. The Balaban J connectivity index is 2.07. The van der Waals surface area contributed by atoms with Crippen LogP contribution in [0.5, 0.6) is 0 Å². The van der Waals surface area contributed by atoms with Gasteiger partial charge in [-0.1, -0.05) is 6.92 Å². The normalized spacial score (nSPS) is 13.1. The first-order chi connectivity index (χ1) is 6.33. The Bertz CT molecular complexity index is 213. The van der Waals surface area contributed by atoms with Crippen LogP contribution in [0.1, 0.15) is 18.2 Å². The summed E-state index contributed by atoms with van der Waals surface area (Å²) in [6.07, 6.45) is 2.99. The standard InChI is InChI=1S/C9H15ClN2S/c1-8(2-3-10)4-11-5-9-6-12-7-13-9/h6-8,11H,2-5H2,1H3. The quantitative estimate of drug-likeness (QED) is 0.743. The van der Waals surface area contributed by atoms with Gasteiger partial charge >= 0.3 is 0 Å². The fraction of sp³-hybridized carbons (Fsp3) is 0.667. The second-order valence-corrected chi connectivity index (χ2v) is 4.53. The third-order valence-electron chi connectivity index (χ3n) is 1.88. The second-order valence-electron chi connectivity index (χ2n) is 3.18. The Hall–Kier alpha value is -0.120. The van der Waals surface area contributed by atoms with Gasteiger partial charge in [0.2, 0.25) is 0 Å². The maximum Gasteiger partial charge on any atom is 0.0794 e. The first kappa shape index (κ1) is 11.0. The third-order valence-corrected chi connectivity index (χ3v) is 2.88. The first-order valence-corrected chi connectivity index (χ1v) is 5.88. The summed E-state index contributed by atoms with van der Waals surface area (Å²) in [5, 5.41) is 3.38. The van der Waals surface area contributed by atoms with Crippen LogP contribution in [0, 0.1) is 5.92 Å². The monoisotopic (exact) mass is 218 g/mol. The average molecular weight is 219 g/mol. The van der Waals surface area contributed by atoms with Gasteiger partial charge in [-0.25, -0.2) is 0 Å². The molecule has 1 heterocycles. The van der Waals surface area contributed by atoms with Crippen LogP contribution in [0.25, 0.3) is 0 Å². The third kappa shape index (κ3) is 4.60. The lowest BCUT2D eigenvalue weighted by molar-refractivity contribution is 0.503. The van der Waals surface area contributed by atoms with Crippen molar-refractivity contribution in [3.8, 4) is 0 Å². The Morgan fingerprint density at radius 2 is 2.54 bits per heavy atom. The van der Waals surface area contributed by atoms with E-state index in [-0.39, 0.29) is 0 Å². The molecule has 0 aliphatic heterocycles. The molecule has 1 aromatic heterocycles. The van der Waals surface area contributed by atoms with Crippen LogP contribution >= 0.6 is 22.9 Å². The zero-order valence-corrected chi connectivity index (χ0v) is 9.37. The van der Waals surface area contributed by atoms with E-state index in [2.05, 4.69) is 17.2 Å². The highest BCUT2D eigenvalue weighted by molar-refractivity contribution is 7.09. The second kappa shape index (κ2) is 6.35. The van der Waals surface area contributed by atoms with Crippen LogP contribution in [0.15, 0.2) is 11.7 Å². The molecule has 0 bridgehead atoms. The predicted octanol–water partition coefficient (Wildman–Crippen LogP) is 2.50. The molecule has 13 heavy (non-hydrogen) atoms. The van der Waals surface area contributed by atoms with Crippen molar-refractivity contribution in [2.24, 2.45) is 5.92 Å². The van der Waals surface area contributed by atoms with E-state index in [9.17, 15) is 0 Å². The summed E-state index contributed by atoms with van der Waals surface area (Å²) >= 11 is 7.33. The van der Waals surface area contributed by atoms with Crippen LogP contribution < -0.4 is 5.32 Å². The van der Waals surface area contributed by atoms with Crippen molar-refractivity contribution >= 4 is 22.9 Å². The van der Waals surface area contributed by atoms with Gasteiger partial charge in [-0.3, -0.25) is 4.98 Å². The van der Waals surface area contributed by atoms with Gasteiger partial charge in [0, 0.05) is 23.5 Å². The number of hydrogen-bond donors (Lipinski definition) is 1. The Morgan fingerprint density at radius 1 is 1.69 bits per heavy atom. The van der Waals surface area contributed by atoms with Crippen molar-refractivity contribution < 1.29 is 0 Å². The SMILES string of the molecule is CC(CCCl)CNCc1cncs1. The summed E-state index contributed by atoms with van der Waals surface area (Å²) in [6.45, 7) is 4.17. The minimum atomic E-state index is 0.658. The van der Waals surface area contributed by atoms with E-state index < -0.39 is 0 Å². The van der Waals surface area contributed by atoms with E-state index in [4.69, 9.17) is 11.6 Å². The molecule has 2 nitrogen and oxygen atoms in total. The fourth-order valence-corrected chi connectivity index (χ4v) is 2.00. The van der Waals surface area contributed by atoms with Crippen molar-refractivity contribution in [3.63, 3.8) is 0 Å². The molecule has 0 aliphatic carbocycles. The summed E-state index contributed by atoms with van der Waals surface area (Å²) in [5.74, 6) is 1.41. The summed E-state index contributed by atoms with van der Waals surface area (Å²) in [6, 6.07) is 0. The molecule has 0 saturated heterocycles. The molecule has 74 valence electrons. The molecule has 1 N–H and O–H groups in total. The van der Waals surface area contributed by atoms with Crippen LogP contribution in [0.4, 0.5) is 0 Å². The molecule has 1 rings (SSSR count). The van der Waals surface area contributed by atoms with Gasteiger partial charge in [0.25, 0.3) is 0 Å². The van der Waals surface area contributed by atoms with Crippen molar-refractivity contribution in [1.29, 1.82) is 0 Å². The van der Waals surface area contributed by atoms with E-state index in [1.807, 2.05) is 11.7 Å². The zero-order chi connectivity index (χ0) is 9.52. The molecule has 0 saturated carbocycles. The Labute approximate surface area is 88.3 Å². The number of rotatable bonds is 6. The van der Waals surface area contributed by atoms with Crippen LogP contribution in [0.3, 0.4) is 0 Å². The van der Waals surface area contributed by atoms with Crippen molar-refractivity contribution in [3.05, 3.63) is 16.6 Å². The van der Waals surface area contributed by atoms with Gasteiger partial charge in [0.05, 0.1) is 5.51 Å². The van der Waals surface area contributed by atoms with E-state index in [1.54, 1.807) is 11.3 Å². The number of nitrogens with one attached hydrogen (secondary N) is 1. The van der Waals surface area contributed by atoms with Crippen LogP contribution in [-0.2, 0) is 6.54 Å². The maximum absolute atomic E-state index is 5.64. The van der Waals surface area contributed by atoms with Crippen LogP contribution in [0.2, 0.25) is 0 Å². The fourth-order valence-electron chi connectivity index (χ4n) is 1.06. The molecular formula is C9H15ClN2S. The molecule has 0 amide bonds. The minimum absolute atomic E-state index is 0.658. The van der Waals surface area contributed by atoms with Crippen molar-refractivity contribution in [2.75, 3.05) is 12.4 Å². The lowest BCUT2D eigenvalue weighted by atomic mass is 10.1. The number of hydrogen-bond acceptors (Lipinski definition) is 3. The molecule has 1 atom stereocenters. The van der Waals surface area contributed by atoms with Gasteiger partial charge in [0.1, 0.15) is 0 Å². The van der Waals surface area contributed by atoms with Gasteiger partial charge in [-0.2, -0.15) is 0 Å². The minimum Gasteiger partial charge on any atom is -0.312 e. The summed E-state index contributed by atoms with van der Waals surface area (Å²) in [5.41, 5.74) is 1.86. The molecule has 0 aliphatic rings. The first-order valence-electron chi connectivity index (χ1n) is 4.47. The van der Waals surface area contributed by atoms with Gasteiger partial charge < -0.3 is 5.32 Å². The van der Waals surface area contributed by atoms with E-state index in [1.165, 1.54) is 4.88 Å².